The summed E-state index contributed by atoms with van der Waals surface area (Å²) in [6.07, 6.45) is 1.50. The summed E-state index contributed by atoms with van der Waals surface area (Å²) in [6.45, 7) is 4.01. The van der Waals surface area contributed by atoms with Crippen molar-refractivity contribution in [3.05, 3.63) is 0 Å². The van der Waals surface area contributed by atoms with E-state index in [-0.39, 0.29) is 5.91 Å². The summed E-state index contributed by atoms with van der Waals surface area (Å²) >= 11 is 0. The Morgan fingerprint density at radius 2 is 1.94 bits per heavy atom. The van der Waals surface area contributed by atoms with Gasteiger partial charge in [0.1, 0.15) is 11.5 Å². The van der Waals surface area contributed by atoms with E-state index in [2.05, 4.69) is 10.6 Å². The monoisotopic (exact) mass is 242 g/mol. The summed E-state index contributed by atoms with van der Waals surface area (Å²) in [4.78, 5) is 34.1. The third-order valence-corrected chi connectivity index (χ3v) is 2.88. The van der Waals surface area contributed by atoms with Crippen LogP contribution in [0.15, 0.2) is 0 Å². The van der Waals surface area contributed by atoms with Gasteiger partial charge in [-0.25, -0.2) is 0 Å². The van der Waals surface area contributed by atoms with E-state index in [9.17, 15) is 14.4 Å². The lowest BCUT2D eigenvalue weighted by atomic mass is 10.1. The molecule has 1 aliphatic rings. The third kappa shape index (κ3) is 2.95. The Bertz CT molecular complexity index is 336. The zero-order valence-corrected chi connectivity index (χ0v) is 10.1. The minimum atomic E-state index is -1.29. The van der Waals surface area contributed by atoms with Crippen LogP contribution in [-0.4, -0.2) is 35.5 Å². The number of aliphatic carboxylic acids is 1. The van der Waals surface area contributed by atoms with Gasteiger partial charge in [0.05, 0.1) is 0 Å². The molecule has 0 heterocycles. The van der Waals surface area contributed by atoms with Crippen LogP contribution in [0.1, 0.15) is 33.1 Å². The number of nitrogens with one attached hydrogen (secondary N) is 2. The number of carbonyl (C=O) groups excluding carboxylic acids is 2. The molecular formula is C11H18N2O4. The van der Waals surface area contributed by atoms with Crippen LogP contribution in [0, 0.1) is 5.41 Å². The molecule has 1 saturated carbocycles. The molecule has 6 heteroatoms. The first-order valence-corrected chi connectivity index (χ1v) is 5.76. The van der Waals surface area contributed by atoms with E-state index in [1.807, 2.05) is 6.92 Å². The lowest BCUT2D eigenvalue weighted by Gasteiger charge is -2.16. The van der Waals surface area contributed by atoms with Gasteiger partial charge < -0.3 is 15.7 Å². The topological polar surface area (TPSA) is 95.5 Å². The van der Waals surface area contributed by atoms with Gasteiger partial charge in [0.25, 0.3) is 0 Å². The van der Waals surface area contributed by atoms with E-state index < -0.39 is 23.3 Å². The van der Waals surface area contributed by atoms with Gasteiger partial charge in [-0.05, 0) is 26.2 Å². The van der Waals surface area contributed by atoms with Crippen molar-refractivity contribution in [3.63, 3.8) is 0 Å². The Labute approximate surface area is 99.8 Å². The van der Waals surface area contributed by atoms with Crippen molar-refractivity contribution >= 4 is 17.8 Å². The molecule has 0 bridgehead atoms. The van der Waals surface area contributed by atoms with Gasteiger partial charge in [-0.2, -0.15) is 0 Å². The van der Waals surface area contributed by atoms with Gasteiger partial charge in [-0.1, -0.05) is 6.92 Å². The molecule has 0 spiro atoms. The van der Waals surface area contributed by atoms with Crippen LogP contribution in [-0.2, 0) is 14.4 Å². The van der Waals surface area contributed by atoms with Crippen LogP contribution < -0.4 is 10.6 Å². The molecule has 0 radical (unpaired) electrons. The fourth-order valence-corrected chi connectivity index (χ4v) is 1.46. The van der Waals surface area contributed by atoms with Crippen LogP contribution in [0.5, 0.6) is 0 Å². The Balaban J connectivity index is 2.46. The van der Waals surface area contributed by atoms with E-state index in [4.69, 9.17) is 5.11 Å². The highest BCUT2D eigenvalue weighted by Crippen LogP contribution is 2.46. The number of carboxylic acids is 1. The Morgan fingerprint density at radius 3 is 2.35 bits per heavy atom. The quantitative estimate of drug-likeness (QED) is 0.566. The minimum Gasteiger partial charge on any atom is -0.480 e. The maximum absolute atomic E-state index is 11.7. The maximum atomic E-state index is 11.7. The number of hydrogen-bond acceptors (Lipinski definition) is 3. The van der Waals surface area contributed by atoms with Crippen LogP contribution in [0.2, 0.25) is 0 Å². The molecule has 96 valence electrons. The summed E-state index contributed by atoms with van der Waals surface area (Å²) in [5, 5.41) is 14.0. The second kappa shape index (κ2) is 5.16. The summed E-state index contributed by atoms with van der Waals surface area (Å²) < 4.78 is 0. The second-order valence-electron chi connectivity index (χ2n) is 4.37. The predicted octanol–water partition coefficient (Wildman–Crippen LogP) is -0.118. The van der Waals surface area contributed by atoms with Gasteiger partial charge in [0.15, 0.2) is 0 Å². The fraction of sp³-hybridized carbons (Fsp3) is 0.727. The Hall–Kier alpha value is -1.59. The normalized spacial score (nSPS) is 18.0. The third-order valence-electron chi connectivity index (χ3n) is 2.88. The molecule has 0 aliphatic heterocycles. The lowest BCUT2D eigenvalue weighted by Crippen LogP contribution is -2.48. The molecule has 1 fully saturated rings. The largest absolute Gasteiger partial charge is 0.480 e. The van der Waals surface area contributed by atoms with E-state index >= 15 is 0 Å². The average molecular weight is 242 g/mol. The standard InChI is InChI=1S/C11H18N2O4/c1-3-6-12-8(14)7(2)13-9(15)11(4-5-11)10(16)17/h7H,3-6H2,1-2H3,(H,12,14)(H,13,15)(H,16,17). The Kier molecular flexibility index (Phi) is 4.09. The van der Waals surface area contributed by atoms with Crippen molar-refractivity contribution < 1.29 is 19.5 Å². The van der Waals surface area contributed by atoms with Crippen molar-refractivity contribution in [2.24, 2.45) is 5.41 Å². The molecule has 1 atom stereocenters. The second-order valence-corrected chi connectivity index (χ2v) is 4.37. The average Bonchev–Trinajstić information content (AvgIpc) is 3.06. The van der Waals surface area contributed by atoms with Gasteiger partial charge in [-0.3, -0.25) is 14.4 Å². The van der Waals surface area contributed by atoms with Gasteiger partial charge in [-0.15, -0.1) is 0 Å². The fourth-order valence-electron chi connectivity index (χ4n) is 1.46. The van der Waals surface area contributed by atoms with Crippen molar-refractivity contribution in [1.82, 2.24) is 10.6 Å². The summed E-state index contributed by atoms with van der Waals surface area (Å²) in [6, 6.07) is -0.703. The van der Waals surface area contributed by atoms with Crippen molar-refractivity contribution in [1.29, 1.82) is 0 Å². The molecule has 1 rings (SSSR count). The molecule has 3 N–H and O–H groups in total. The molecule has 0 aromatic heterocycles. The van der Waals surface area contributed by atoms with Crippen molar-refractivity contribution in [2.45, 2.75) is 39.2 Å². The highest BCUT2D eigenvalue weighted by molar-refractivity contribution is 6.06. The van der Waals surface area contributed by atoms with Crippen molar-refractivity contribution in [2.75, 3.05) is 6.54 Å². The number of hydrogen-bond donors (Lipinski definition) is 3. The number of carbonyl (C=O) groups is 3. The van der Waals surface area contributed by atoms with Crippen LogP contribution in [0.3, 0.4) is 0 Å². The number of carboxylic acid groups (broad SMARTS) is 1. The Morgan fingerprint density at radius 1 is 1.35 bits per heavy atom. The molecule has 6 nitrogen and oxygen atoms in total. The first kappa shape index (κ1) is 13.5. The molecule has 0 aromatic rings. The van der Waals surface area contributed by atoms with E-state index in [0.29, 0.717) is 19.4 Å². The zero-order valence-electron chi connectivity index (χ0n) is 10.1. The van der Waals surface area contributed by atoms with E-state index in [0.717, 1.165) is 6.42 Å². The summed E-state index contributed by atoms with van der Waals surface area (Å²) in [7, 11) is 0. The van der Waals surface area contributed by atoms with Crippen molar-refractivity contribution in [3.8, 4) is 0 Å². The van der Waals surface area contributed by atoms with Crippen LogP contribution in [0.4, 0.5) is 0 Å². The molecule has 0 saturated heterocycles. The number of rotatable bonds is 6. The van der Waals surface area contributed by atoms with Gasteiger partial charge in [0, 0.05) is 6.54 Å². The van der Waals surface area contributed by atoms with Gasteiger partial charge >= 0.3 is 5.97 Å². The highest BCUT2D eigenvalue weighted by atomic mass is 16.4. The first-order valence-electron chi connectivity index (χ1n) is 5.76. The van der Waals surface area contributed by atoms with E-state index in [1.165, 1.54) is 0 Å². The first-order chi connectivity index (χ1) is 7.94. The SMILES string of the molecule is CCCNC(=O)C(C)NC(=O)C1(C(=O)O)CC1. The smallest absolute Gasteiger partial charge is 0.319 e. The lowest BCUT2D eigenvalue weighted by molar-refractivity contribution is -0.149. The zero-order chi connectivity index (χ0) is 13.1. The van der Waals surface area contributed by atoms with Gasteiger partial charge in [0.2, 0.25) is 11.8 Å². The molecule has 1 unspecified atom stereocenters. The molecule has 17 heavy (non-hydrogen) atoms. The summed E-state index contributed by atoms with van der Waals surface area (Å²) in [5.41, 5.74) is -1.29. The van der Waals surface area contributed by atoms with Crippen LogP contribution >= 0.6 is 0 Å². The highest BCUT2D eigenvalue weighted by Gasteiger charge is 2.57. The molecule has 1 aliphatic carbocycles. The maximum Gasteiger partial charge on any atom is 0.319 e. The van der Waals surface area contributed by atoms with E-state index in [1.54, 1.807) is 6.92 Å². The number of amides is 2. The molecular weight excluding hydrogens is 224 g/mol. The molecule has 0 aromatic carbocycles. The molecule has 2 amide bonds. The summed E-state index contributed by atoms with van der Waals surface area (Å²) in [5.74, 6) is -1.97. The van der Waals surface area contributed by atoms with Crippen LogP contribution in [0.25, 0.3) is 0 Å². The minimum absolute atomic E-state index is 0.290. The predicted molar refractivity (Wildman–Crippen MR) is 60.2 cm³/mol.